The predicted octanol–water partition coefficient (Wildman–Crippen LogP) is 2.25. The number of anilines is 1. The van der Waals surface area contributed by atoms with E-state index in [1.54, 1.807) is 4.90 Å². The number of carbonyl (C=O) groups is 3. The summed E-state index contributed by atoms with van der Waals surface area (Å²) in [5.41, 5.74) is 4.36. The van der Waals surface area contributed by atoms with Gasteiger partial charge in [-0.25, -0.2) is 4.98 Å². The van der Waals surface area contributed by atoms with Crippen LogP contribution in [0.4, 0.5) is 5.69 Å². The lowest BCUT2D eigenvalue weighted by atomic mass is 9.92. The van der Waals surface area contributed by atoms with Crippen LogP contribution in [0, 0.1) is 18.3 Å². The lowest BCUT2D eigenvalue weighted by Gasteiger charge is -2.39. The molecule has 2 aromatic rings. The number of pyridine rings is 1. The molecular weight excluding hydrogens is 416 g/mol. The molecule has 7 nitrogen and oxygen atoms in total. The van der Waals surface area contributed by atoms with Crippen molar-refractivity contribution < 1.29 is 14.4 Å². The van der Waals surface area contributed by atoms with E-state index in [1.165, 1.54) is 0 Å². The van der Waals surface area contributed by atoms with Gasteiger partial charge in [-0.05, 0) is 30.2 Å². The number of benzene rings is 1. The SMILES string of the molecule is C#Cc1ccc(CN2CC(CNc3cccc4c3CN(C3CCC(=O)CC3=O)C4=O)C2)cn1. The third-order valence-corrected chi connectivity index (χ3v) is 6.80. The molecule has 0 spiro atoms. The molecule has 33 heavy (non-hydrogen) atoms. The minimum absolute atomic E-state index is 0.0295. The van der Waals surface area contributed by atoms with E-state index in [2.05, 4.69) is 21.1 Å². The first-order valence-corrected chi connectivity index (χ1v) is 11.4. The van der Waals surface area contributed by atoms with Gasteiger partial charge < -0.3 is 10.2 Å². The summed E-state index contributed by atoms with van der Waals surface area (Å²) in [6.45, 7) is 4.09. The molecule has 1 N–H and O–H groups in total. The van der Waals surface area contributed by atoms with Crippen LogP contribution in [0.3, 0.4) is 0 Å². The van der Waals surface area contributed by atoms with Crippen molar-refractivity contribution in [1.29, 1.82) is 0 Å². The number of hydrogen-bond acceptors (Lipinski definition) is 6. The molecule has 5 rings (SSSR count). The van der Waals surface area contributed by atoms with Crippen molar-refractivity contribution in [3.63, 3.8) is 0 Å². The number of rotatable bonds is 6. The largest absolute Gasteiger partial charge is 0.384 e. The summed E-state index contributed by atoms with van der Waals surface area (Å²) in [4.78, 5) is 45.2. The second kappa shape index (κ2) is 8.80. The van der Waals surface area contributed by atoms with Gasteiger partial charge in [0.1, 0.15) is 11.5 Å². The zero-order valence-electron chi connectivity index (χ0n) is 18.4. The molecule has 0 radical (unpaired) electrons. The van der Waals surface area contributed by atoms with Gasteiger partial charge in [-0.3, -0.25) is 19.3 Å². The number of nitrogens with zero attached hydrogens (tertiary/aromatic N) is 3. The molecule has 168 valence electrons. The van der Waals surface area contributed by atoms with Crippen LogP contribution in [-0.4, -0.2) is 57.9 Å². The van der Waals surface area contributed by atoms with Crippen LogP contribution in [0.2, 0.25) is 0 Å². The third-order valence-electron chi connectivity index (χ3n) is 6.80. The number of amides is 1. The molecule has 1 aromatic carbocycles. The molecular formula is C26H26N4O3. The van der Waals surface area contributed by atoms with Crippen molar-refractivity contribution in [1.82, 2.24) is 14.8 Å². The molecule has 3 aliphatic rings. The first-order chi connectivity index (χ1) is 16.0. The summed E-state index contributed by atoms with van der Waals surface area (Å²) in [7, 11) is 0. The quantitative estimate of drug-likeness (QED) is 0.546. The van der Waals surface area contributed by atoms with Gasteiger partial charge >= 0.3 is 0 Å². The first kappa shape index (κ1) is 21.4. The number of fused-ring (bicyclic) bond motifs is 1. The van der Waals surface area contributed by atoms with E-state index in [-0.39, 0.29) is 23.9 Å². The highest BCUT2D eigenvalue weighted by Crippen LogP contribution is 2.33. The van der Waals surface area contributed by atoms with Crippen molar-refractivity contribution in [2.75, 3.05) is 25.0 Å². The average Bonchev–Trinajstić information content (AvgIpc) is 3.12. The fourth-order valence-corrected chi connectivity index (χ4v) is 5.01. The number of likely N-dealkylation sites (tertiary alicyclic amines) is 1. The molecule has 1 aliphatic carbocycles. The van der Waals surface area contributed by atoms with Gasteiger partial charge in [0.25, 0.3) is 5.91 Å². The van der Waals surface area contributed by atoms with Crippen LogP contribution in [-0.2, 0) is 22.7 Å². The highest BCUT2D eigenvalue weighted by Gasteiger charge is 2.39. The molecule has 1 saturated heterocycles. The van der Waals surface area contributed by atoms with Crippen LogP contribution in [0.1, 0.15) is 46.4 Å². The molecule has 7 heteroatoms. The number of hydrogen-bond donors (Lipinski definition) is 1. The maximum Gasteiger partial charge on any atom is 0.255 e. The monoisotopic (exact) mass is 442 g/mol. The van der Waals surface area contributed by atoms with E-state index in [9.17, 15) is 14.4 Å². The maximum atomic E-state index is 13.0. The lowest BCUT2D eigenvalue weighted by Crippen LogP contribution is -2.48. The third kappa shape index (κ3) is 4.27. The van der Waals surface area contributed by atoms with Crippen LogP contribution in [0.25, 0.3) is 0 Å². The number of ketones is 2. The highest BCUT2D eigenvalue weighted by molar-refractivity contribution is 6.08. The van der Waals surface area contributed by atoms with Gasteiger partial charge in [0.05, 0.1) is 12.5 Å². The standard InChI is InChI=1S/C26H26N4O3/c1-2-19-7-6-17(11-27-19)13-29-14-18(15-29)12-28-23-5-3-4-21-22(23)16-30(26(21)33)24-9-8-20(31)10-25(24)32/h1,3-7,11,18,24,28H,8-10,12-16H2. The summed E-state index contributed by atoms with van der Waals surface area (Å²) in [5, 5.41) is 3.53. The number of aromatic nitrogens is 1. The number of Topliss-reactive ketones (excluding diaryl/α,β-unsaturated/α-hetero) is 2. The van der Waals surface area contributed by atoms with Gasteiger partial charge in [0.15, 0.2) is 5.78 Å². The van der Waals surface area contributed by atoms with Crippen LogP contribution in [0.5, 0.6) is 0 Å². The number of nitrogens with one attached hydrogen (secondary N) is 1. The Kier molecular flexibility index (Phi) is 5.69. The molecule has 1 unspecified atom stereocenters. The van der Waals surface area contributed by atoms with Crippen molar-refractivity contribution >= 4 is 23.2 Å². The number of terminal acetylenes is 1. The van der Waals surface area contributed by atoms with E-state index in [0.717, 1.165) is 43.0 Å². The minimum Gasteiger partial charge on any atom is -0.384 e. The fourth-order valence-electron chi connectivity index (χ4n) is 5.01. The summed E-state index contributed by atoms with van der Waals surface area (Å²) >= 11 is 0. The smallest absolute Gasteiger partial charge is 0.255 e. The zero-order valence-corrected chi connectivity index (χ0v) is 18.4. The van der Waals surface area contributed by atoms with Crippen molar-refractivity contribution in [2.24, 2.45) is 5.92 Å². The molecule has 3 heterocycles. The Morgan fingerprint density at radius 3 is 2.73 bits per heavy atom. The lowest BCUT2D eigenvalue weighted by molar-refractivity contribution is -0.133. The van der Waals surface area contributed by atoms with E-state index < -0.39 is 6.04 Å². The second-order valence-corrected chi connectivity index (χ2v) is 9.14. The topological polar surface area (TPSA) is 82.6 Å². The van der Waals surface area contributed by atoms with Crippen molar-refractivity contribution in [3.05, 3.63) is 58.9 Å². The van der Waals surface area contributed by atoms with Gasteiger partial charge in [-0.2, -0.15) is 0 Å². The Labute approximate surface area is 193 Å². The van der Waals surface area contributed by atoms with Crippen LogP contribution >= 0.6 is 0 Å². The van der Waals surface area contributed by atoms with Gasteiger partial charge in [0, 0.05) is 68.1 Å². The first-order valence-electron chi connectivity index (χ1n) is 11.4. The summed E-state index contributed by atoms with van der Waals surface area (Å²) in [5.74, 6) is 2.78. The second-order valence-electron chi connectivity index (χ2n) is 9.14. The van der Waals surface area contributed by atoms with Crippen molar-refractivity contribution in [2.45, 2.75) is 38.4 Å². The molecule has 2 aliphatic heterocycles. The maximum absolute atomic E-state index is 13.0. The Balaban J connectivity index is 1.16. The molecule has 2 fully saturated rings. The summed E-state index contributed by atoms with van der Waals surface area (Å²) in [6, 6.07) is 9.11. The fraction of sp³-hybridized carbons (Fsp3) is 0.385. The normalized spacial score (nSPS) is 21.0. The van der Waals surface area contributed by atoms with E-state index in [0.29, 0.717) is 36.6 Å². The number of carbonyl (C=O) groups excluding carboxylic acids is 3. The van der Waals surface area contributed by atoms with Crippen LogP contribution in [0.15, 0.2) is 36.5 Å². The Morgan fingerprint density at radius 2 is 2.00 bits per heavy atom. The van der Waals surface area contributed by atoms with Crippen LogP contribution < -0.4 is 5.32 Å². The highest BCUT2D eigenvalue weighted by atomic mass is 16.2. The Morgan fingerprint density at radius 1 is 1.15 bits per heavy atom. The Hall–Kier alpha value is -3.50. The van der Waals surface area contributed by atoms with Gasteiger partial charge in [-0.1, -0.05) is 18.1 Å². The van der Waals surface area contributed by atoms with E-state index in [1.807, 2.05) is 36.5 Å². The van der Waals surface area contributed by atoms with Crippen molar-refractivity contribution in [3.8, 4) is 12.3 Å². The summed E-state index contributed by atoms with van der Waals surface area (Å²) in [6.07, 6.45) is 7.93. The molecule has 1 saturated carbocycles. The Bertz CT molecular complexity index is 1150. The molecule has 1 atom stereocenters. The molecule has 1 aromatic heterocycles. The molecule has 1 amide bonds. The van der Waals surface area contributed by atoms with Gasteiger partial charge in [-0.15, -0.1) is 6.42 Å². The van der Waals surface area contributed by atoms with E-state index in [4.69, 9.17) is 6.42 Å². The zero-order chi connectivity index (χ0) is 22.9. The summed E-state index contributed by atoms with van der Waals surface area (Å²) < 4.78 is 0. The van der Waals surface area contributed by atoms with Gasteiger partial charge in [0.2, 0.25) is 0 Å². The predicted molar refractivity (Wildman–Crippen MR) is 123 cm³/mol. The van der Waals surface area contributed by atoms with E-state index >= 15 is 0 Å². The molecule has 0 bridgehead atoms. The minimum atomic E-state index is -0.486. The average molecular weight is 443 g/mol.